The number of carbonyl (C=O) groups excluding carboxylic acids is 3. The summed E-state index contributed by atoms with van der Waals surface area (Å²) in [4.78, 5) is 42.5. The van der Waals surface area contributed by atoms with E-state index in [2.05, 4.69) is 31.0 Å². The largest absolute Gasteiger partial charge is 0.435 e. The lowest BCUT2D eigenvalue weighted by Gasteiger charge is -2.31. The Morgan fingerprint density at radius 1 is 0.976 bits per heavy atom. The molecule has 8 nitrogen and oxygen atoms in total. The zero-order valence-electron chi connectivity index (χ0n) is 20.0. The number of carbonyl (C=O) groups is 3. The van der Waals surface area contributed by atoms with E-state index in [4.69, 9.17) is 0 Å². The Labute approximate surface area is 237 Å². The predicted molar refractivity (Wildman–Crippen MR) is 130 cm³/mol. The zero-order chi connectivity index (χ0) is 30.8. The number of rotatable bonds is 6. The van der Waals surface area contributed by atoms with Crippen molar-refractivity contribution < 1.29 is 58.6 Å². The quantitative estimate of drug-likeness (QED) is 0.308. The summed E-state index contributed by atoms with van der Waals surface area (Å²) in [5.74, 6) is -3.68. The number of hydrogen-bond acceptors (Lipinski definition) is 6. The SMILES string of the molecule is O=C(Nc1cccc(C(=O)Nc2c(Br)cc(C(F)(C(F)(F)F)C(F)(F)F)cc2OC(F)F)n1)C(=O)N1CCSCC1. The zero-order valence-corrected chi connectivity index (χ0v) is 22.4. The lowest BCUT2D eigenvalue weighted by molar-refractivity contribution is -0.348. The van der Waals surface area contributed by atoms with E-state index in [1.807, 2.05) is 5.32 Å². The minimum Gasteiger partial charge on any atom is -0.433 e. The van der Waals surface area contributed by atoms with Gasteiger partial charge in [0.25, 0.3) is 5.91 Å². The Morgan fingerprint density at radius 3 is 2.15 bits per heavy atom. The van der Waals surface area contributed by atoms with Crippen molar-refractivity contribution in [2.24, 2.45) is 0 Å². The van der Waals surface area contributed by atoms with Gasteiger partial charge in [0.15, 0.2) is 5.75 Å². The molecule has 19 heteroatoms. The van der Waals surface area contributed by atoms with E-state index >= 15 is 0 Å². The molecule has 1 aromatic carbocycles. The van der Waals surface area contributed by atoms with Crippen LogP contribution in [-0.4, -0.2) is 71.2 Å². The van der Waals surface area contributed by atoms with Crippen LogP contribution in [-0.2, 0) is 15.3 Å². The molecule has 1 aromatic heterocycles. The van der Waals surface area contributed by atoms with Gasteiger partial charge in [0, 0.05) is 34.6 Å². The molecule has 0 aliphatic carbocycles. The molecule has 0 unspecified atom stereocenters. The third kappa shape index (κ3) is 7.17. The first-order chi connectivity index (χ1) is 19.0. The highest BCUT2D eigenvalue weighted by Gasteiger charge is 2.73. The van der Waals surface area contributed by atoms with Crippen LogP contribution in [0.1, 0.15) is 16.1 Å². The Hall–Kier alpha value is -3.22. The molecule has 2 N–H and O–H groups in total. The number of aromatic nitrogens is 1. The van der Waals surface area contributed by atoms with Crippen LogP contribution in [0, 0.1) is 0 Å². The molecule has 0 atom stereocenters. The summed E-state index contributed by atoms with van der Waals surface area (Å²) in [5, 5.41) is 4.11. The predicted octanol–water partition coefficient (Wildman–Crippen LogP) is 5.50. The van der Waals surface area contributed by atoms with Crippen molar-refractivity contribution in [2.45, 2.75) is 24.6 Å². The molecule has 1 fully saturated rings. The first-order valence-corrected chi connectivity index (χ1v) is 13.0. The second-order valence-electron chi connectivity index (χ2n) is 8.08. The number of amides is 3. The number of ether oxygens (including phenoxy) is 1. The number of pyridine rings is 1. The summed E-state index contributed by atoms with van der Waals surface area (Å²) >= 11 is 4.15. The number of benzene rings is 1. The first-order valence-electron chi connectivity index (χ1n) is 11.0. The van der Waals surface area contributed by atoms with Crippen molar-refractivity contribution >= 4 is 56.9 Å². The van der Waals surface area contributed by atoms with Crippen LogP contribution < -0.4 is 15.4 Å². The lowest BCUT2D eigenvalue weighted by Crippen LogP contribution is -2.50. The molecule has 1 saturated heterocycles. The van der Waals surface area contributed by atoms with E-state index in [0.29, 0.717) is 24.6 Å². The van der Waals surface area contributed by atoms with Gasteiger partial charge in [-0.05, 0) is 40.2 Å². The van der Waals surface area contributed by atoms with Crippen molar-refractivity contribution in [3.05, 3.63) is 46.1 Å². The van der Waals surface area contributed by atoms with E-state index in [0.717, 1.165) is 6.07 Å². The van der Waals surface area contributed by atoms with Gasteiger partial charge in [0.1, 0.15) is 11.5 Å². The third-order valence-electron chi connectivity index (χ3n) is 5.40. The normalized spacial score (nSPS) is 14.6. The molecule has 2 aromatic rings. The number of anilines is 2. The second-order valence-corrected chi connectivity index (χ2v) is 10.2. The molecule has 2 heterocycles. The van der Waals surface area contributed by atoms with E-state index < -0.39 is 69.5 Å². The van der Waals surface area contributed by atoms with Crippen molar-refractivity contribution in [3.8, 4) is 5.75 Å². The van der Waals surface area contributed by atoms with Gasteiger partial charge < -0.3 is 20.3 Å². The Bertz CT molecular complexity index is 1310. The van der Waals surface area contributed by atoms with Crippen LogP contribution in [0.4, 0.5) is 51.0 Å². The maximum absolute atomic E-state index is 14.5. The lowest BCUT2D eigenvalue weighted by atomic mass is 9.93. The van der Waals surface area contributed by atoms with E-state index in [9.17, 15) is 53.9 Å². The van der Waals surface area contributed by atoms with Crippen LogP contribution in [0.25, 0.3) is 0 Å². The van der Waals surface area contributed by atoms with Gasteiger partial charge in [-0.25, -0.2) is 9.37 Å². The smallest absolute Gasteiger partial charge is 0.433 e. The summed E-state index contributed by atoms with van der Waals surface area (Å²) in [6.07, 6.45) is -13.1. The molecule has 0 saturated carbocycles. The van der Waals surface area contributed by atoms with Crippen molar-refractivity contribution in [2.75, 3.05) is 35.2 Å². The van der Waals surface area contributed by atoms with Gasteiger partial charge in [-0.3, -0.25) is 14.4 Å². The van der Waals surface area contributed by atoms with Crippen LogP contribution >= 0.6 is 27.7 Å². The Balaban J connectivity index is 1.90. The molecule has 3 amide bonds. The molecule has 224 valence electrons. The van der Waals surface area contributed by atoms with Crippen LogP contribution in [0.15, 0.2) is 34.8 Å². The highest BCUT2D eigenvalue weighted by molar-refractivity contribution is 9.10. The van der Waals surface area contributed by atoms with Crippen LogP contribution in [0.5, 0.6) is 5.75 Å². The molecular weight excluding hydrogens is 667 g/mol. The number of hydrogen-bond donors (Lipinski definition) is 2. The van der Waals surface area contributed by atoms with Crippen molar-refractivity contribution in [3.63, 3.8) is 0 Å². The molecule has 0 spiro atoms. The fourth-order valence-electron chi connectivity index (χ4n) is 3.47. The molecule has 3 rings (SSSR count). The molecule has 1 aliphatic rings. The third-order valence-corrected chi connectivity index (χ3v) is 6.97. The molecular formula is C22H16BrF9N4O4S. The number of thioether (sulfide) groups is 1. The van der Waals surface area contributed by atoms with Gasteiger partial charge in [-0.15, -0.1) is 0 Å². The monoisotopic (exact) mass is 682 g/mol. The maximum Gasteiger partial charge on any atom is 0.435 e. The minimum absolute atomic E-state index is 0.0102. The fourth-order valence-corrected chi connectivity index (χ4v) is 4.91. The van der Waals surface area contributed by atoms with Gasteiger partial charge in [-0.2, -0.15) is 46.9 Å². The van der Waals surface area contributed by atoms with Gasteiger partial charge in [0.05, 0.1) is 5.69 Å². The number of alkyl halides is 9. The topological polar surface area (TPSA) is 101 Å². The van der Waals surface area contributed by atoms with E-state index in [1.165, 1.54) is 17.0 Å². The van der Waals surface area contributed by atoms with Crippen LogP contribution in [0.2, 0.25) is 0 Å². The average Bonchev–Trinajstić information content (AvgIpc) is 2.88. The maximum atomic E-state index is 14.5. The highest BCUT2D eigenvalue weighted by Crippen LogP contribution is 2.55. The summed E-state index contributed by atoms with van der Waals surface area (Å²) in [6, 6.07) is 3.15. The molecule has 0 bridgehead atoms. The first kappa shape index (κ1) is 32.3. The summed E-state index contributed by atoms with van der Waals surface area (Å²) in [5.41, 5.74) is -9.56. The summed E-state index contributed by atoms with van der Waals surface area (Å²) in [6.45, 7) is -3.15. The number of halogens is 10. The highest BCUT2D eigenvalue weighted by atomic mass is 79.9. The number of nitrogens with one attached hydrogen (secondary N) is 2. The molecule has 1 aliphatic heterocycles. The Kier molecular flexibility index (Phi) is 9.72. The molecule has 41 heavy (non-hydrogen) atoms. The number of nitrogens with zero attached hydrogens (tertiary/aromatic N) is 2. The summed E-state index contributed by atoms with van der Waals surface area (Å²) in [7, 11) is 0. The average molecular weight is 683 g/mol. The van der Waals surface area contributed by atoms with Crippen LogP contribution in [0.3, 0.4) is 0 Å². The Morgan fingerprint density at radius 2 is 1.59 bits per heavy atom. The van der Waals surface area contributed by atoms with Gasteiger partial charge >= 0.3 is 36.4 Å². The standard InChI is InChI=1S/C22H16BrF9N4O4S/c23-11-8-10(20(26,21(27,28)29)22(30,31)32)9-13(40-19(24)25)15(11)35-16(37)12-2-1-3-14(33-12)34-17(38)18(39)36-4-6-41-7-5-36/h1-3,8-9,19H,4-7H2,(H,35,37)(H,33,34,38). The molecule has 0 radical (unpaired) electrons. The van der Waals surface area contributed by atoms with Gasteiger partial charge in [0.2, 0.25) is 0 Å². The fraction of sp³-hybridized carbons (Fsp3) is 0.364. The van der Waals surface area contributed by atoms with Crippen molar-refractivity contribution in [1.29, 1.82) is 0 Å². The second kappa shape index (κ2) is 12.3. The van der Waals surface area contributed by atoms with E-state index in [1.54, 1.807) is 11.8 Å². The summed E-state index contributed by atoms with van der Waals surface area (Å²) < 4.78 is 123. The minimum atomic E-state index is -6.55. The van der Waals surface area contributed by atoms with Crippen molar-refractivity contribution in [1.82, 2.24) is 9.88 Å². The van der Waals surface area contributed by atoms with Gasteiger partial charge in [-0.1, -0.05) is 6.07 Å². The van der Waals surface area contributed by atoms with E-state index in [-0.39, 0.29) is 18.0 Å².